The summed E-state index contributed by atoms with van der Waals surface area (Å²) >= 11 is 3.44. The highest BCUT2D eigenvalue weighted by Gasteiger charge is 2.23. The minimum absolute atomic E-state index is 0.861. The van der Waals surface area contributed by atoms with Crippen molar-refractivity contribution in [2.75, 3.05) is 11.1 Å². The van der Waals surface area contributed by atoms with E-state index in [0.29, 0.717) is 0 Å². The minimum Gasteiger partial charge on any atom is -0.444 e. The topological polar surface area (TPSA) is 38.1 Å². The number of thioether (sulfide) groups is 1. The zero-order chi connectivity index (χ0) is 10.3. The Morgan fingerprint density at radius 3 is 3.27 bits per heavy atom. The summed E-state index contributed by atoms with van der Waals surface area (Å²) in [6.07, 6.45) is 2.91. The number of aromatic nitrogens is 1. The normalized spacial score (nSPS) is 14.2. The zero-order valence-corrected chi connectivity index (χ0v) is 9.87. The van der Waals surface area contributed by atoms with Crippen LogP contribution in [0.4, 0.5) is 11.0 Å². The highest BCUT2D eigenvalue weighted by molar-refractivity contribution is 7.99. The lowest BCUT2D eigenvalue weighted by Crippen LogP contribution is -1.87. The first-order valence-corrected chi connectivity index (χ1v) is 6.62. The fourth-order valence-corrected chi connectivity index (χ4v) is 3.40. The van der Waals surface area contributed by atoms with Crippen molar-refractivity contribution in [2.45, 2.75) is 18.2 Å². The molecule has 0 atom stereocenters. The maximum Gasteiger partial charge on any atom is 0.213 e. The van der Waals surface area contributed by atoms with Gasteiger partial charge in [-0.1, -0.05) is 0 Å². The van der Waals surface area contributed by atoms with Crippen molar-refractivity contribution in [3.05, 3.63) is 22.9 Å². The van der Waals surface area contributed by atoms with Crippen molar-refractivity contribution >= 4 is 34.1 Å². The number of thiazole rings is 1. The van der Waals surface area contributed by atoms with Gasteiger partial charge in [-0.25, -0.2) is 4.98 Å². The summed E-state index contributed by atoms with van der Waals surface area (Å²) in [5.74, 6) is 3.06. The van der Waals surface area contributed by atoms with Gasteiger partial charge in [0.05, 0.1) is 4.90 Å². The van der Waals surface area contributed by atoms with E-state index in [2.05, 4.69) is 10.3 Å². The monoisotopic (exact) mass is 238 g/mol. The Hall–Kier alpha value is -0.940. The quantitative estimate of drug-likeness (QED) is 0.869. The average Bonchev–Trinajstić information content (AvgIpc) is 2.89. The van der Waals surface area contributed by atoms with Crippen LogP contribution in [0.25, 0.3) is 0 Å². The SMILES string of the molecule is Cc1oc(Nc2nccs2)c2c1CCS2. The first-order valence-electron chi connectivity index (χ1n) is 4.76. The molecule has 3 nitrogen and oxygen atoms in total. The van der Waals surface area contributed by atoms with Gasteiger partial charge < -0.3 is 9.73 Å². The van der Waals surface area contributed by atoms with Crippen LogP contribution in [0.15, 0.2) is 20.9 Å². The number of hydrogen-bond donors (Lipinski definition) is 1. The molecule has 0 saturated carbocycles. The van der Waals surface area contributed by atoms with Crippen LogP contribution in [0.3, 0.4) is 0 Å². The number of furan rings is 1. The van der Waals surface area contributed by atoms with Gasteiger partial charge in [0.15, 0.2) is 5.13 Å². The van der Waals surface area contributed by atoms with Crippen molar-refractivity contribution in [3.8, 4) is 0 Å². The van der Waals surface area contributed by atoms with E-state index in [1.807, 2.05) is 24.1 Å². The lowest BCUT2D eigenvalue weighted by molar-refractivity contribution is 0.544. The molecule has 1 aliphatic heterocycles. The van der Waals surface area contributed by atoms with Crippen molar-refractivity contribution in [1.82, 2.24) is 4.98 Å². The lowest BCUT2D eigenvalue weighted by atomic mass is 10.2. The Morgan fingerprint density at radius 2 is 2.47 bits per heavy atom. The Balaban J connectivity index is 1.96. The lowest BCUT2D eigenvalue weighted by Gasteiger charge is -1.99. The summed E-state index contributed by atoms with van der Waals surface area (Å²) < 4.78 is 5.70. The molecule has 0 fully saturated rings. The summed E-state index contributed by atoms with van der Waals surface area (Å²) in [6, 6.07) is 0. The second-order valence-electron chi connectivity index (χ2n) is 3.36. The van der Waals surface area contributed by atoms with Crippen molar-refractivity contribution < 1.29 is 4.42 Å². The minimum atomic E-state index is 0.861. The molecule has 0 aromatic carbocycles. The van der Waals surface area contributed by atoms with Gasteiger partial charge in [0, 0.05) is 22.9 Å². The molecule has 0 amide bonds. The van der Waals surface area contributed by atoms with Gasteiger partial charge in [-0.3, -0.25) is 0 Å². The molecule has 78 valence electrons. The highest BCUT2D eigenvalue weighted by Crippen LogP contribution is 2.42. The number of anilines is 2. The Kier molecular flexibility index (Phi) is 2.21. The summed E-state index contributed by atoms with van der Waals surface area (Å²) in [5.41, 5.74) is 1.36. The van der Waals surface area contributed by atoms with Crippen LogP contribution in [-0.2, 0) is 6.42 Å². The average molecular weight is 238 g/mol. The molecule has 0 spiro atoms. The molecule has 0 bridgehead atoms. The van der Waals surface area contributed by atoms with Crippen molar-refractivity contribution in [2.24, 2.45) is 0 Å². The van der Waals surface area contributed by atoms with E-state index >= 15 is 0 Å². The molecule has 3 heterocycles. The first-order chi connectivity index (χ1) is 7.34. The molecule has 0 radical (unpaired) electrons. The molecule has 2 aromatic heterocycles. The van der Waals surface area contributed by atoms with E-state index in [1.54, 1.807) is 17.5 Å². The maximum absolute atomic E-state index is 5.70. The van der Waals surface area contributed by atoms with Gasteiger partial charge in [-0.15, -0.1) is 23.1 Å². The third-order valence-corrected chi connectivity index (χ3v) is 4.23. The predicted molar refractivity (Wildman–Crippen MR) is 63.3 cm³/mol. The molecule has 15 heavy (non-hydrogen) atoms. The molecule has 1 aliphatic rings. The summed E-state index contributed by atoms with van der Waals surface area (Å²) in [6.45, 7) is 2.03. The van der Waals surface area contributed by atoms with E-state index in [4.69, 9.17) is 4.42 Å². The molecule has 0 aliphatic carbocycles. The number of aryl methyl sites for hydroxylation is 1. The first kappa shape index (κ1) is 9.30. The standard InChI is InChI=1S/C10H10N2OS2/c1-6-7-2-4-14-8(7)9(13-6)12-10-11-3-5-15-10/h3,5H,2,4H2,1H3,(H,11,12). The van der Waals surface area contributed by atoms with E-state index in [9.17, 15) is 0 Å². The predicted octanol–water partition coefficient (Wildman–Crippen LogP) is 3.44. The van der Waals surface area contributed by atoms with Crippen LogP contribution in [0.1, 0.15) is 11.3 Å². The number of fused-ring (bicyclic) bond motifs is 1. The van der Waals surface area contributed by atoms with Gasteiger partial charge in [-0.2, -0.15) is 0 Å². The number of nitrogens with zero attached hydrogens (tertiary/aromatic N) is 1. The molecule has 0 unspecified atom stereocenters. The molecule has 0 saturated heterocycles. The number of rotatable bonds is 2. The Morgan fingerprint density at radius 1 is 1.53 bits per heavy atom. The fourth-order valence-electron chi connectivity index (χ4n) is 1.72. The summed E-state index contributed by atoms with van der Waals surface area (Å²) in [4.78, 5) is 5.45. The van der Waals surface area contributed by atoms with Crippen LogP contribution >= 0.6 is 23.1 Å². The van der Waals surface area contributed by atoms with Crippen LogP contribution in [0.2, 0.25) is 0 Å². The molecule has 5 heteroatoms. The summed E-state index contributed by atoms with van der Waals surface area (Å²) in [5, 5.41) is 6.06. The summed E-state index contributed by atoms with van der Waals surface area (Å²) in [7, 11) is 0. The Bertz CT molecular complexity index is 476. The van der Waals surface area contributed by atoms with E-state index < -0.39 is 0 Å². The van der Waals surface area contributed by atoms with Gasteiger partial charge in [-0.05, 0) is 13.3 Å². The molecular formula is C10H10N2OS2. The zero-order valence-electron chi connectivity index (χ0n) is 8.24. The largest absolute Gasteiger partial charge is 0.444 e. The van der Waals surface area contributed by atoms with Gasteiger partial charge in [0.1, 0.15) is 5.76 Å². The third kappa shape index (κ3) is 1.55. The molecule has 1 N–H and O–H groups in total. The Labute approximate surface area is 95.9 Å². The van der Waals surface area contributed by atoms with Crippen LogP contribution in [0.5, 0.6) is 0 Å². The van der Waals surface area contributed by atoms with Gasteiger partial charge >= 0.3 is 0 Å². The number of nitrogens with one attached hydrogen (secondary N) is 1. The molecule has 2 aromatic rings. The van der Waals surface area contributed by atoms with E-state index in [1.165, 1.54) is 10.5 Å². The van der Waals surface area contributed by atoms with E-state index in [0.717, 1.165) is 28.9 Å². The highest BCUT2D eigenvalue weighted by atomic mass is 32.2. The molecular weight excluding hydrogens is 228 g/mol. The van der Waals surface area contributed by atoms with Crippen molar-refractivity contribution in [3.63, 3.8) is 0 Å². The van der Waals surface area contributed by atoms with Gasteiger partial charge in [0.25, 0.3) is 0 Å². The van der Waals surface area contributed by atoms with Crippen LogP contribution in [-0.4, -0.2) is 10.7 Å². The van der Waals surface area contributed by atoms with Crippen LogP contribution in [0, 0.1) is 6.92 Å². The third-order valence-electron chi connectivity index (χ3n) is 2.41. The number of hydrogen-bond acceptors (Lipinski definition) is 5. The van der Waals surface area contributed by atoms with Crippen molar-refractivity contribution in [1.29, 1.82) is 0 Å². The second kappa shape index (κ2) is 3.57. The van der Waals surface area contributed by atoms with Crippen LogP contribution < -0.4 is 5.32 Å². The van der Waals surface area contributed by atoms with E-state index in [-0.39, 0.29) is 0 Å². The fraction of sp³-hybridized carbons (Fsp3) is 0.300. The van der Waals surface area contributed by atoms with Gasteiger partial charge in [0.2, 0.25) is 5.88 Å². The maximum atomic E-state index is 5.70. The smallest absolute Gasteiger partial charge is 0.213 e. The second-order valence-corrected chi connectivity index (χ2v) is 5.36. The molecule has 3 rings (SSSR count).